The van der Waals surface area contributed by atoms with Crippen LogP contribution >= 0.6 is 27.3 Å². The van der Waals surface area contributed by atoms with Crippen LogP contribution in [0.2, 0.25) is 0 Å². The molecule has 0 saturated carbocycles. The highest BCUT2D eigenvalue weighted by Gasteiger charge is 2.15. The van der Waals surface area contributed by atoms with Crippen LogP contribution in [0.25, 0.3) is 0 Å². The highest BCUT2D eigenvalue weighted by atomic mass is 79.9. The summed E-state index contributed by atoms with van der Waals surface area (Å²) < 4.78 is 1.00. The molecule has 0 unspecified atom stereocenters. The standard InChI is InChI=1S/C14H13BrOS/c1-8-6-11(15)4-5-12(8)14(16)13-7-9(2)17-10(13)3/h4-7H,1-3H3. The Balaban J connectivity index is 2.47. The molecule has 17 heavy (non-hydrogen) atoms. The first kappa shape index (κ1) is 12.5. The number of carbonyl (C=O) groups is 1. The fourth-order valence-electron chi connectivity index (χ4n) is 1.88. The fraction of sp³-hybridized carbons (Fsp3) is 0.214. The third-order valence-electron chi connectivity index (χ3n) is 2.72. The van der Waals surface area contributed by atoms with Gasteiger partial charge in [0.1, 0.15) is 0 Å². The van der Waals surface area contributed by atoms with Crippen molar-refractivity contribution in [2.75, 3.05) is 0 Å². The molecule has 0 bridgehead atoms. The minimum Gasteiger partial charge on any atom is -0.289 e. The van der Waals surface area contributed by atoms with E-state index in [4.69, 9.17) is 0 Å². The van der Waals surface area contributed by atoms with Crippen LogP contribution in [-0.2, 0) is 0 Å². The third kappa shape index (κ3) is 2.50. The van der Waals surface area contributed by atoms with E-state index >= 15 is 0 Å². The summed E-state index contributed by atoms with van der Waals surface area (Å²) in [6.07, 6.45) is 0. The molecule has 0 aliphatic heterocycles. The van der Waals surface area contributed by atoms with E-state index in [0.717, 1.165) is 26.0 Å². The van der Waals surface area contributed by atoms with Gasteiger partial charge in [-0.25, -0.2) is 0 Å². The number of aryl methyl sites for hydroxylation is 3. The van der Waals surface area contributed by atoms with Gasteiger partial charge in [-0.05, 0) is 50.6 Å². The van der Waals surface area contributed by atoms with Gasteiger partial charge >= 0.3 is 0 Å². The Morgan fingerprint density at radius 3 is 2.35 bits per heavy atom. The second kappa shape index (κ2) is 4.75. The molecule has 2 rings (SSSR count). The van der Waals surface area contributed by atoms with Crippen LogP contribution < -0.4 is 0 Å². The summed E-state index contributed by atoms with van der Waals surface area (Å²) in [6.45, 7) is 5.99. The van der Waals surface area contributed by atoms with Crippen LogP contribution in [0.15, 0.2) is 28.7 Å². The average molecular weight is 309 g/mol. The summed E-state index contributed by atoms with van der Waals surface area (Å²) in [5.74, 6) is 0.122. The highest BCUT2D eigenvalue weighted by Crippen LogP contribution is 2.25. The summed E-state index contributed by atoms with van der Waals surface area (Å²) in [5, 5.41) is 0. The topological polar surface area (TPSA) is 17.1 Å². The first-order valence-electron chi connectivity index (χ1n) is 5.37. The average Bonchev–Trinajstić information content (AvgIpc) is 2.57. The van der Waals surface area contributed by atoms with Gasteiger partial charge in [-0.2, -0.15) is 0 Å². The van der Waals surface area contributed by atoms with Crippen LogP contribution in [-0.4, -0.2) is 5.78 Å². The lowest BCUT2D eigenvalue weighted by molar-refractivity contribution is 0.103. The normalized spacial score (nSPS) is 10.6. The van der Waals surface area contributed by atoms with E-state index in [1.165, 1.54) is 4.88 Å². The first-order valence-corrected chi connectivity index (χ1v) is 6.98. The lowest BCUT2D eigenvalue weighted by Crippen LogP contribution is -2.03. The van der Waals surface area contributed by atoms with Crippen molar-refractivity contribution in [3.05, 3.63) is 55.2 Å². The quantitative estimate of drug-likeness (QED) is 0.737. The Morgan fingerprint density at radius 1 is 1.12 bits per heavy atom. The molecule has 3 heteroatoms. The van der Waals surface area contributed by atoms with Crippen LogP contribution in [0.4, 0.5) is 0 Å². The number of carbonyl (C=O) groups excluding carboxylic acids is 1. The molecule has 1 aromatic heterocycles. The van der Waals surface area contributed by atoms with Gasteiger partial charge in [0.05, 0.1) is 0 Å². The molecule has 2 aromatic rings. The third-order valence-corrected chi connectivity index (χ3v) is 4.18. The SMILES string of the molecule is Cc1cc(C(=O)c2ccc(Br)cc2C)c(C)s1. The van der Waals surface area contributed by atoms with Crippen LogP contribution in [0.3, 0.4) is 0 Å². The Hall–Kier alpha value is -0.930. The van der Waals surface area contributed by atoms with Crippen molar-refractivity contribution < 1.29 is 4.79 Å². The van der Waals surface area contributed by atoms with Crippen molar-refractivity contribution in [3.63, 3.8) is 0 Å². The molecule has 0 fully saturated rings. The molecule has 0 spiro atoms. The maximum Gasteiger partial charge on any atom is 0.194 e. The number of hydrogen-bond donors (Lipinski definition) is 0. The van der Waals surface area contributed by atoms with Crippen LogP contribution in [0.1, 0.15) is 31.2 Å². The first-order chi connectivity index (χ1) is 7.99. The lowest BCUT2D eigenvalue weighted by atomic mass is 10.00. The maximum atomic E-state index is 12.4. The molecule has 88 valence electrons. The molecule has 1 nitrogen and oxygen atoms in total. The predicted molar refractivity (Wildman–Crippen MR) is 76.1 cm³/mol. The van der Waals surface area contributed by atoms with E-state index in [1.54, 1.807) is 11.3 Å². The van der Waals surface area contributed by atoms with Gasteiger partial charge in [0.2, 0.25) is 0 Å². The molecule has 0 aliphatic rings. The summed E-state index contributed by atoms with van der Waals surface area (Å²) in [7, 11) is 0. The second-order valence-electron chi connectivity index (χ2n) is 4.12. The summed E-state index contributed by atoms with van der Waals surface area (Å²) in [4.78, 5) is 14.7. The Labute approximate surface area is 114 Å². The van der Waals surface area contributed by atoms with Crippen molar-refractivity contribution in [2.45, 2.75) is 20.8 Å². The molecular formula is C14H13BrOS. The predicted octanol–water partition coefficient (Wildman–Crippen LogP) is 4.67. The van der Waals surface area contributed by atoms with Crippen LogP contribution in [0.5, 0.6) is 0 Å². The Bertz CT molecular complexity index is 584. The molecule has 1 heterocycles. The van der Waals surface area contributed by atoms with Crippen molar-refractivity contribution >= 4 is 33.0 Å². The largest absolute Gasteiger partial charge is 0.289 e. The van der Waals surface area contributed by atoms with E-state index in [2.05, 4.69) is 15.9 Å². The van der Waals surface area contributed by atoms with Crippen molar-refractivity contribution in [2.24, 2.45) is 0 Å². The van der Waals surface area contributed by atoms with Gasteiger partial charge in [0, 0.05) is 25.4 Å². The van der Waals surface area contributed by atoms with Gasteiger partial charge < -0.3 is 0 Å². The maximum absolute atomic E-state index is 12.4. The number of ketones is 1. The van der Waals surface area contributed by atoms with Gasteiger partial charge in [-0.3, -0.25) is 4.79 Å². The summed E-state index contributed by atoms with van der Waals surface area (Å²) in [6, 6.07) is 7.74. The monoisotopic (exact) mass is 308 g/mol. The zero-order valence-electron chi connectivity index (χ0n) is 10.0. The van der Waals surface area contributed by atoms with Crippen molar-refractivity contribution in [1.29, 1.82) is 0 Å². The van der Waals surface area contributed by atoms with Gasteiger partial charge in [0.15, 0.2) is 5.78 Å². The number of benzene rings is 1. The van der Waals surface area contributed by atoms with E-state index in [9.17, 15) is 4.79 Å². The molecule has 0 N–H and O–H groups in total. The molecule has 1 aromatic carbocycles. The highest BCUT2D eigenvalue weighted by molar-refractivity contribution is 9.10. The molecular weight excluding hydrogens is 296 g/mol. The molecule has 0 aliphatic carbocycles. The van der Waals surface area contributed by atoms with Crippen molar-refractivity contribution in [1.82, 2.24) is 0 Å². The van der Waals surface area contributed by atoms with Crippen molar-refractivity contribution in [3.8, 4) is 0 Å². The summed E-state index contributed by atoms with van der Waals surface area (Å²) >= 11 is 5.08. The number of rotatable bonds is 2. The lowest BCUT2D eigenvalue weighted by Gasteiger charge is -2.05. The minimum absolute atomic E-state index is 0.122. The van der Waals surface area contributed by atoms with Crippen LogP contribution in [0, 0.1) is 20.8 Å². The van der Waals surface area contributed by atoms with Gasteiger partial charge in [-0.1, -0.05) is 15.9 Å². The van der Waals surface area contributed by atoms with E-state index < -0.39 is 0 Å². The molecule has 0 saturated heterocycles. The van der Waals surface area contributed by atoms with Gasteiger partial charge in [-0.15, -0.1) is 11.3 Å². The number of halogens is 1. The summed E-state index contributed by atoms with van der Waals surface area (Å²) in [5.41, 5.74) is 2.62. The smallest absolute Gasteiger partial charge is 0.194 e. The molecule has 0 atom stereocenters. The molecule has 0 radical (unpaired) electrons. The van der Waals surface area contributed by atoms with E-state index in [-0.39, 0.29) is 5.78 Å². The van der Waals surface area contributed by atoms with E-state index in [1.807, 2.05) is 45.0 Å². The number of thiophene rings is 1. The Kier molecular flexibility index (Phi) is 3.50. The zero-order chi connectivity index (χ0) is 12.6. The minimum atomic E-state index is 0.122. The second-order valence-corrected chi connectivity index (χ2v) is 6.49. The Morgan fingerprint density at radius 2 is 1.82 bits per heavy atom. The zero-order valence-corrected chi connectivity index (χ0v) is 12.4. The molecule has 0 amide bonds. The van der Waals surface area contributed by atoms with Gasteiger partial charge in [0.25, 0.3) is 0 Å². The van der Waals surface area contributed by atoms with E-state index in [0.29, 0.717) is 0 Å². The number of hydrogen-bond acceptors (Lipinski definition) is 2. The fourth-order valence-corrected chi connectivity index (χ4v) is 3.28.